The molecular weight excluding hydrogens is 373 g/mol. The van der Waals surface area contributed by atoms with Crippen molar-refractivity contribution in [2.24, 2.45) is 0 Å². The number of hydrogen-bond donors (Lipinski definition) is 2. The van der Waals surface area contributed by atoms with Gasteiger partial charge in [-0.1, -0.05) is 12.1 Å². The highest BCUT2D eigenvalue weighted by atomic mass is 19.4. The number of halogens is 3. The maximum atomic E-state index is 12.9. The van der Waals surface area contributed by atoms with E-state index in [1.165, 1.54) is 6.20 Å². The molecule has 3 rings (SSSR count). The molecule has 1 amide bonds. The lowest BCUT2D eigenvalue weighted by atomic mass is 9.97. The van der Waals surface area contributed by atoms with E-state index in [2.05, 4.69) is 4.98 Å². The number of hydrogen-bond acceptors (Lipinski definition) is 3. The molecule has 2 N–H and O–H groups in total. The van der Waals surface area contributed by atoms with Crippen LogP contribution in [0.2, 0.25) is 0 Å². The number of carbonyl (C=O) groups excluding carboxylic acids is 1. The summed E-state index contributed by atoms with van der Waals surface area (Å²) in [4.78, 5) is 16.5. The number of nitrogens with one attached hydrogen (secondary N) is 1. The molecule has 0 bridgehead atoms. The molecule has 0 saturated carbocycles. The Bertz CT molecular complexity index is 910. The van der Waals surface area contributed by atoms with Gasteiger partial charge in [-0.2, -0.15) is 13.2 Å². The third-order valence-electron chi connectivity index (χ3n) is 4.55. The van der Waals surface area contributed by atoms with Gasteiger partial charge in [0.25, 0.3) is 0 Å². The summed E-state index contributed by atoms with van der Waals surface area (Å²) in [6.07, 6.45) is -4.04. The number of aliphatic hydroxyl groups excluding tert-OH is 1. The molecule has 5 nitrogen and oxygen atoms in total. The molecule has 152 valence electrons. The van der Waals surface area contributed by atoms with Gasteiger partial charge in [0.1, 0.15) is 5.60 Å². The van der Waals surface area contributed by atoms with Crippen LogP contribution >= 0.6 is 0 Å². The molecule has 28 heavy (non-hydrogen) atoms. The summed E-state index contributed by atoms with van der Waals surface area (Å²) in [6, 6.07) is 5.15. The van der Waals surface area contributed by atoms with Gasteiger partial charge in [0.2, 0.25) is 0 Å². The highest BCUT2D eigenvalue weighted by Gasteiger charge is 2.40. The number of carbonyl (C=O) groups is 1. The van der Waals surface area contributed by atoms with Crippen LogP contribution in [0.3, 0.4) is 0 Å². The Morgan fingerprint density at radius 2 is 2.00 bits per heavy atom. The predicted molar refractivity (Wildman–Crippen MR) is 99.7 cm³/mol. The number of aliphatic hydroxyl groups is 1. The summed E-state index contributed by atoms with van der Waals surface area (Å²) >= 11 is 0. The minimum atomic E-state index is -4.73. The second-order valence-corrected chi connectivity index (χ2v) is 7.85. The predicted octanol–water partition coefficient (Wildman–Crippen LogP) is 4.79. The molecule has 0 saturated heterocycles. The normalized spacial score (nSPS) is 16.8. The molecule has 1 aromatic heterocycles. The van der Waals surface area contributed by atoms with E-state index >= 15 is 0 Å². The maximum absolute atomic E-state index is 12.9. The summed E-state index contributed by atoms with van der Waals surface area (Å²) in [5.74, 6) is 0. The molecule has 0 fully saturated rings. The molecule has 1 atom stereocenters. The highest BCUT2D eigenvalue weighted by molar-refractivity contribution is 5.87. The van der Waals surface area contributed by atoms with Crippen LogP contribution in [0, 0.1) is 0 Å². The zero-order valence-electron chi connectivity index (χ0n) is 15.9. The zero-order chi connectivity index (χ0) is 20.7. The molecule has 0 aliphatic carbocycles. The van der Waals surface area contributed by atoms with E-state index in [1.807, 2.05) is 12.1 Å². The van der Waals surface area contributed by atoms with Gasteiger partial charge in [-0.3, -0.25) is 0 Å². The fraction of sp³-hybridized carbons (Fsp3) is 0.450. The van der Waals surface area contributed by atoms with Crippen LogP contribution in [0.4, 0.5) is 18.0 Å². The lowest BCUT2D eigenvalue weighted by Gasteiger charge is -2.29. The first-order valence-electron chi connectivity index (χ1n) is 8.99. The number of alkyl halides is 3. The number of H-pyrrole nitrogens is 1. The third kappa shape index (κ3) is 4.32. The fourth-order valence-corrected chi connectivity index (χ4v) is 3.17. The number of ether oxygens (including phenoxy) is 1. The van der Waals surface area contributed by atoms with Gasteiger partial charge in [-0.05, 0) is 50.5 Å². The first-order valence-corrected chi connectivity index (χ1v) is 8.99. The van der Waals surface area contributed by atoms with Gasteiger partial charge in [-0.15, -0.1) is 0 Å². The van der Waals surface area contributed by atoms with Crippen molar-refractivity contribution < 1.29 is 27.8 Å². The van der Waals surface area contributed by atoms with E-state index in [-0.39, 0.29) is 11.7 Å². The standard InChI is InChI=1S/C20H23F3N2O3/c1-19(2,3)28-18(27)25-8-6-12(7-9-25)13-4-5-16-14(10-13)15(11-24-16)17(26)20(21,22)23/h4-6,10-11,17,24,26H,7-9H2,1-3H3. The molecule has 1 aromatic carbocycles. The van der Waals surface area contributed by atoms with Gasteiger partial charge < -0.3 is 19.7 Å². The molecule has 0 spiro atoms. The van der Waals surface area contributed by atoms with Gasteiger partial charge >= 0.3 is 12.3 Å². The quantitative estimate of drug-likeness (QED) is 0.767. The van der Waals surface area contributed by atoms with Crippen LogP contribution < -0.4 is 0 Å². The topological polar surface area (TPSA) is 65.6 Å². The van der Waals surface area contributed by atoms with Crippen LogP contribution in [0.1, 0.15) is 44.4 Å². The van der Waals surface area contributed by atoms with Crippen LogP contribution in [0.25, 0.3) is 16.5 Å². The highest BCUT2D eigenvalue weighted by Crippen LogP contribution is 2.37. The second-order valence-electron chi connectivity index (χ2n) is 7.85. The molecule has 1 aliphatic rings. The summed E-state index contributed by atoms with van der Waals surface area (Å²) < 4.78 is 44.1. The first-order chi connectivity index (χ1) is 13.0. The first kappa shape index (κ1) is 20.3. The number of aromatic amines is 1. The van der Waals surface area contributed by atoms with Gasteiger partial charge in [0.15, 0.2) is 6.10 Å². The van der Waals surface area contributed by atoms with Crippen molar-refractivity contribution >= 4 is 22.6 Å². The SMILES string of the molecule is CC(C)(C)OC(=O)N1CC=C(c2ccc3[nH]cc(C(O)C(F)(F)F)c3c2)CC1. The Hall–Kier alpha value is -2.48. The van der Waals surface area contributed by atoms with E-state index < -0.39 is 17.9 Å². The molecule has 2 heterocycles. The van der Waals surface area contributed by atoms with Crippen molar-refractivity contribution in [3.05, 3.63) is 41.6 Å². The second kappa shape index (κ2) is 7.16. The Kier molecular flexibility index (Phi) is 5.18. The van der Waals surface area contributed by atoms with E-state index in [1.54, 1.807) is 37.8 Å². The van der Waals surface area contributed by atoms with Crippen molar-refractivity contribution in [1.29, 1.82) is 0 Å². The van der Waals surface area contributed by atoms with Gasteiger partial charge in [0.05, 0.1) is 0 Å². The van der Waals surface area contributed by atoms with Crippen LogP contribution in [0.15, 0.2) is 30.5 Å². The van der Waals surface area contributed by atoms with Crippen LogP contribution in [0.5, 0.6) is 0 Å². The Morgan fingerprint density at radius 3 is 2.57 bits per heavy atom. The summed E-state index contributed by atoms with van der Waals surface area (Å²) in [5, 5.41) is 9.95. The van der Waals surface area contributed by atoms with Gasteiger partial charge in [0, 0.05) is 35.8 Å². The number of nitrogens with zero attached hydrogens (tertiary/aromatic N) is 1. The number of amides is 1. The zero-order valence-corrected chi connectivity index (χ0v) is 15.9. The van der Waals surface area contributed by atoms with Gasteiger partial charge in [-0.25, -0.2) is 4.79 Å². The minimum absolute atomic E-state index is 0.198. The molecular formula is C20H23F3N2O3. The lowest BCUT2D eigenvalue weighted by Crippen LogP contribution is -2.39. The molecule has 1 unspecified atom stereocenters. The van der Waals surface area contributed by atoms with E-state index in [0.717, 1.165) is 11.1 Å². The minimum Gasteiger partial charge on any atom is -0.444 e. The fourth-order valence-electron chi connectivity index (χ4n) is 3.17. The van der Waals surface area contributed by atoms with E-state index in [0.29, 0.717) is 30.4 Å². The van der Waals surface area contributed by atoms with E-state index in [4.69, 9.17) is 4.74 Å². The number of fused-ring (bicyclic) bond motifs is 1. The Balaban J connectivity index is 1.82. The summed E-state index contributed by atoms with van der Waals surface area (Å²) in [5.41, 5.74) is 1.46. The molecule has 0 radical (unpaired) electrons. The van der Waals surface area contributed by atoms with E-state index in [9.17, 15) is 23.1 Å². The average molecular weight is 396 g/mol. The lowest BCUT2D eigenvalue weighted by molar-refractivity contribution is -0.206. The Morgan fingerprint density at radius 1 is 1.29 bits per heavy atom. The monoisotopic (exact) mass is 396 g/mol. The maximum Gasteiger partial charge on any atom is 0.418 e. The number of aromatic nitrogens is 1. The van der Waals surface area contributed by atoms with Crippen molar-refractivity contribution in [2.45, 2.75) is 45.1 Å². The summed E-state index contributed by atoms with van der Waals surface area (Å²) in [7, 11) is 0. The smallest absolute Gasteiger partial charge is 0.418 e. The van der Waals surface area contributed by atoms with Crippen LogP contribution in [-0.4, -0.2) is 46.0 Å². The molecule has 1 aliphatic heterocycles. The van der Waals surface area contributed by atoms with Crippen molar-refractivity contribution in [1.82, 2.24) is 9.88 Å². The largest absolute Gasteiger partial charge is 0.444 e. The number of benzene rings is 1. The average Bonchev–Trinajstić information content (AvgIpc) is 3.02. The number of rotatable bonds is 2. The Labute approximate surface area is 160 Å². The van der Waals surface area contributed by atoms with Crippen molar-refractivity contribution in [2.75, 3.05) is 13.1 Å². The van der Waals surface area contributed by atoms with Crippen LogP contribution in [-0.2, 0) is 4.74 Å². The molecule has 8 heteroatoms. The van der Waals surface area contributed by atoms with Crippen molar-refractivity contribution in [3.63, 3.8) is 0 Å². The van der Waals surface area contributed by atoms with Crippen molar-refractivity contribution in [3.8, 4) is 0 Å². The third-order valence-corrected chi connectivity index (χ3v) is 4.55. The molecule has 2 aromatic rings. The summed E-state index contributed by atoms with van der Waals surface area (Å²) in [6.45, 7) is 6.23.